The molecule has 10 rings (SSSR count). The van der Waals surface area contributed by atoms with Gasteiger partial charge in [0.05, 0.1) is 45.6 Å². The first-order valence-electron chi connectivity index (χ1n) is 20.8. The molecule has 0 aliphatic carbocycles. The van der Waals surface area contributed by atoms with Crippen molar-refractivity contribution < 1.29 is 41.7 Å². The second-order valence-corrected chi connectivity index (χ2v) is 19.6. The number of fused-ring (bicyclic) bond motifs is 6. The van der Waals surface area contributed by atoms with Gasteiger partial charge in [0, 0.05) is 66.0 Å². The van der Waals surface area contributed by atoms with Crippen LogP contribution in [0.3, 0.4) is 0 Å². The molecule has 0 saturated carbocycles. The van der Waals surface area contributed by atoms with E-state index in [9.17, 15) is 46.9 Å². The number of halogens is 4. The monoisotopic (exact) mass is 990 g/mol. The molecule has 2 N–H and O–H groups in total. The van der Waals surface area contributed by atoms with Crippen LogP contribution in [0.15, 0.2) is 120 Å². The highest BCUT2D eigenvalue weighted by molar-refractivity contribution is 7.23. The number of rotatable bonds is 9. The molecule has 0 fully saturated rings. The van der Waals surface area contributed by atoms with Gasteiger partial charge < -0.3 is 15.5 Å². The fourth-order valence-electron chi connectivity index (χ4n) is 7.95. The normalized spacial score (nSPS) is 12.6. The number of benzene rings is 4. The number of carbonyl (C=O) groups is 4. The Morgan fingerprint density at radius 1 is 0.574 bits per heavy atom. The Hall–Kier alpha value is -7.12. The number of hydrogen-bond acceptors (Lipinski definition) is 11. The molecule has 18 heteroatoms. The van der Waals surface area contributed by atoms with Crippen LogP contribution in [0, 0.1) is 33.4 Å². The van der Waals surface area contributed by atoms with Crippen molar-refractivity contribution in [1.82, 2.24) is 0 Å². The number of nitrogen functional groups attached to an aromatic ring is 1. The summed E-state index contributed by atoms with van der Waals surface area (Å²) < 4.78 is 56.1. The lowest BCUT2D eigenvalue weighted by molar-refractivity contribution is -0.384. The van der Waals surface area contributed by atoms with E-state index < -0.39 is 28.2 Å². The zero-order valence-electron chi connectivity index (χ0n) is 35.3. The van der Waals surface area contributed by atoms with Crippen LogP contribution in [0.1, 0.15) is 62.3 Å². The molecule has 2 aliphatic heterocycles. The van der Waals surface area contributed by atoms with Crippen molar-refractivity contribution in [3.63, 3.8) is 0 Å². The third-order valence-corrected chi connectivity index (χ3v) is 16.0. The fraction of sp³-hybridized carbons (Fsp3) is 0.120. The van der Waals surface area contributed by atoms with E-state index in [0.29, 0.717) is 58.2 Å². The van der Waals surface area contributed by atoms with Crippen LogP contribution < -0.4 is 15.5 Å². The molecular weight excluding hydrogens is 957 g/mol. The van der Waals surface area contributed by atoms with Crippen LogP contribution in [0.4, 0.5) is 40.3 Å². The van der Waals surface area contributed by atoms with Crippen molar-refractivity contribution in [3.05, 3.63) is 196 Å². The van der Waals surface area contributed by atoms with E-state index in [1.807, 2.05) is 22.9 Å². The Morgan fingerprint density at radius 2 is 0.971 bits per heavy atom. The highest BCUT2D eigenvalue weighted by atomic mass is 32.1. The third kappa shape index (κ3) is 9.14. The van der Waals surface area contributed by atoms with Gasteiger partial charge in [0.15, 0.2) is 11.6 Å². The number of non-ortho nitro benzene ring substituents is 1. The van der Waals surface area contributed by atoms with Crippen molar-refractivity contribution in [2.45, 2.75) is 25.7 Å². The Labute approximate surface area is 401 Å². The number of nitrogens with zero attached hydrogens (tertiary/aromatic N) is 3. The average Bonchev–Trinajstić information content (AvgIpc) is 4.15. The fourth-order valence-corrected chi connectivity index (χ4v) is 12.4. The zero-order valence-corrected chi connectivity index (χ0v) is 38.6. The number of nitro benzene ring substituents is 1. The molecule has 10 nitrogen and oxygen atoms in total. The van der Waals surface area contributed by atoms with E-state index in [0.717, 1.165) is 60.6 Å². The number of thiophene rings is 4. The van der Waals surface area contributed by atoms with E-state index in [4.69, 9.17) is 5.73 Å². The molecule has 342 valence electrons. The predicted molar refractivity (Wildman–Crippen MR) is 259 cm³/mol. The number of amides is 2. The van der Waals surface area contributed by atoms with Gasteiger partial charge in [-0.15, -0.1) is 45.3 Å². The highest BCUT2D eigenvalue weighted by Crippen LogP contribution is 2.47. The van der Waals surface area contributed by atoms with E-state index in [-0.39, 0.29) is 53.0 Å². The molecule has 2 amide bonds. The van der Waals surface area contributed by atoms with Crippen LogP contribution >= 0.6 is 45.3 Å². The molecule has 4 aromatic heterocycles. The van der Waals surface area contributed by atoms with Gasteiger partial charge in [-0.3, -0.25) is 29.3 Å². The van der Waals surface area contributed by atoms with Gasteiger partial charge in [0.25, 0.3) is 17.5 Å². The molecule has 8 aromatic rings. The molecule has 68 heavy (non-hydrogen) atoms. The van der Waals surface area contributed by atoms with E-state index in [1.54, 1.807) is 46.2 Å². The van der Waals surface area contributed by atoms with Gasteiger partial charge in [0.1, 0.15) is 23.3 Å². The Balaban J connectivity index is 0.000000170. The van der Waals surface area contributed by atoms with Crippen molar-refractivity contribution in [1.29, 1.82) is 0 Å². The zero-order chi connectivity index (χ0) is 47.8. The minimum atomic E-state index is -0.752. The standard InChI is InChI=1S/C25H16F2N2O4S2.C25H18F2N2O2S2/c26-18-2-1-3-19(27)17(18)13-21(30)22-12-15-8-10-28(20-9-11-34-24(20)23(15)35-22)25(31)14-4-6-16(7-5-14)29(32)33;26-18-2-1-3-19(27)17(18)13-21(30)22-12-15-8-10-29(20-9-11-32-24(20)23(15)33-22)25(31)14-4-6-16(28)7-5-14/h1-7,9,11-12H,8,10,13H2;1-7,9,11-12H,8,10,13,28H2. The van der Waals surface area contributed by atoms with Crippen LogP contribution in [0.25, 0.3) is 19.5 Å². The van der Waals surface area contributed by atoms with E-state index >= 15 is 0 Å². The first-order valence-corrected chi connectivity index (χ1v) is 24.2. The molecule has 2 aliphatic rings. The number of carbonyl (C=O) groups excluding carboxylic acids is 4. The molecule has 4 aromatic carbocycles. The van der Waals surface area contributed by atoms with Gasteiger partial charge >= 0.3 is 0 Å². The summed E-state index contributed by atoms with van der Waals surface area (Å²) in [5.74, 6) is -4.04. The summed E-state index contributed by atoms with van der Waals surface area (Å²) in [6, 6.07) is 26.7. The largest absolute Gasteiger partial charge is 0.399 e. The van der Waals surface area contributed by atoms with Gasteiger partial charge in [-0.2, -0.15) is 0 Å². The van der Waals surface area contributed by atoms with Gasteiger partial charge in [-0.05, 0) is 120 Å². The predicted octanol–water partition coefficient (Wildman–Crippen LogP) is 12.3. The average molecular weight is 991 g/mol. The van der Waals surface area contributed by atoms with Gasteiger partial charge in [-0.1, -0.05) is 12.1 Å². The summed E-state index contributed by atoms with van der Waals surface area (Å²) in [6.45, 7) is 0.797. The SMILES string of the molecule is Nc1ccc(C(=O)N2CCc3cc(C(=O)Cc4c(F)cccc4F)sc3-c3sccc32)cc1.O=C(Cc1c(F)cccc1F)c1cc2c(s1)-c1sccc1N(C(=O)c1ccc([N+](=O)[O-])cc1)CC2. The lowest BCUT2D eigenvalue weighted by Crippen LogP contribution is -2.32. The van der Waals surface area contributed by atoms with E-state index in [2.05, 4.69) is 0 Å². The Morgan fingerprint density at radius 3 is 1.37 bits per heavy atom. The molecule has 0 unspecified atom stereocenters. The number of Topliss-reactive ketones (excluding diaryl/α,β-unsaturated/α-hetero) is 2. The van der Waals surface area contributed by atoms with Gasteiger partial charge in [-0.25, -0.2) is 17.6 Å². The van der Waals surface area contributed by atoms with Crippen LogP contribution in [0.2, 0.25) is 0 Å². The maximum Gasteiger partial charge on any atom is 0.269 e. The summed E-state index contributed by atoms with van der Waals surface area (Å²) >= 11 is 5.49. The smallest absolute Gasteiger partial charge is 0.269 e. The minimum absolute atomic E-state index is 0.0942. The van der Waals surface area contributed by atoms with Crippen molar-refractivity contribution in [2.75, 3.05) is 28.6 Å². The van der Waals surface area contributed by atoms with Crippen molar-refractivity contribution in [2.24, 2.45) is 0 Å². The quantitative estimate of drug-likeness (QED) is 0.0498. The number of ketones is 2. The van der Waals surface area contributed by atoms with Gasteiger partial charge in [0.2, 0.25) is 0 Å². The number of nitrogens with two attached hydrogens (primary N) is 1. The number of anilines is 3. The lowest BCUT2D eigenvalue weighted by Gasteiger charge is -2.21. The summed E-state index contributed by atoms with van der Waals surface area (Å²) in [5.41, 5.74) is 9.98. The number of hydrogen-bond donors (Lipinski definition) is 1. The maximum atomic E-state index is 14.0. The second-order valence-electron chi connectivity index (χ2n) is 15.6. The molecule has 0 spiro atoms. The van der Waals surface area contributed by atoms with Crippen LogP contribution in [-0.2, 0) is 25.7 Å². The first kappa shape index (κ1) is 46.0. The summed E-state index contributed by atoms with van der Waals surface area (Å²) in [7, 11) is 0. The second kappa shape index (κ2) is 19.2. The van der Waals surface area contributed by atoms with Crippen LogP contribution in [-0.4, -0.2) is 41.4 Å². The minimum Gasteiger partial charge on any atom is -0.399 e. The summed E-state index contributed by atoms with van der Waals surface area (Å²) in [5, 5.41) is 14.7. The molecule has 0 radical (unpaired) electrons. The summed E-state index contributed by atoms with van der Waals surface area (Å²) in [4.78, 5) is 70.4. The maximum absolute atomic E-state index is 14.0. The highest BCUT2D eigenvalue weighted by Gasteiger charge is 2.31. The van der Waals surface area contributed by atoms with E-state index in [1.165, 1.54) is 81.7 Å². The molecular formula is C50H34F4N4O6S4. The van der Waals surface area contributed by atoms with Crippen molar-refractivity contribution >= 4 is 91.5 Å². The summed E-state index contributed by atoms with van der Waals surface area (Å²) in [6.07, 6.45) is 0.333. The molecule has 0 bridgehead atoms. The third-order valence-electron chi connectivity index (χ3n) is 11.4. The van der Waals surface area contributed by atoms with Crippen molar-refractivity contribution in [3.8, 4) is 19.5 Å². The first-order chi connectivity index (χ1) is 32.7. The molecule has 6 heterocycles. The number of nitro groups is 1. The molecule has 0 atom stereocenters. The van der Waals surface area contributed by atoms with Crippen LogP contribution in [0.5, 0.6) is 0 Å². The Bertz CT molecular complexity index is 3250. The Kier molecular flexibility index (Phi) is 13.0. The lowest BCUT2D eigenvalue weighted by atomic mass is 10.1. The molecule has 0 saturated heterocycles. The topological polar surface area (TPSA) is 144 Å².